The topological polar surface area (TPSA) is 12.0 Å². The van der Waals surface area contributed by atoms with E-state index in [0.29, 0.717) is 6.04 Å². The average molecular weight is 219 g/mol. The van der Waals surface area contributed by atoms with Crippen LogP contribution >= 0.6 is 0 Å². The lowest BCUT2D eigenvalue weighted by molar-refractivity contribution is 0.531. The van der Waals surface area contributed by atoms with Gasteiger partial charge in [-0.25, -0.2) is 0 Å². The minimum absolute atomic E-state index is 0.479. The molecule has 0 aliphatic carbocycles. The maximum absolute atomic E-state index is 3.58. The number of hydrogen-bond donors (Lipinski definition) is 1. The maximum Gasteiger partial charge on any atom is 0.0291 e. The van der Waals surface area contributed by atoms with Gasteiger partial charge in [0.25, 0.3) is 0 Å². The number of benzene rings is 1. The van der Waals surface area contributed by atoms with Gasteiger partial charge in [0.1, 0.15) is 0 Å². The summed E-state index contributed by atoms with van der Waals surface area (Å²) in [5.41, 5.74) is 1.39. The minimum Gasteiger partial charge on any atom is -0.310 e. The summed E-state index contributed by atoms with van der Waals surface area (Å²) < 4.78 is 0. The molecule has 0 amide bonds. The summed E-state index contributed by atoms with van der Waals surface area (Å²) in [7, 11) is 0. The van der Waals surface area contributed by atoms with E-state index in [9.17, 15) is 0 Å². The van der Waals surface area contributed by atoms with Crippen molar-refractivity contribution in [1.82, 2.24) is 5.32 Å². The molecule has 90 valence electrons. The molecule has 0 fully saturated rings. The van der Waals surface area contributed by atoms with Crippen LogP contribution in [0.25, 0.3) is 0 Å². The molecule has 0 spiro atoms. The van der Waals surface area contributed by atoms with Gasteiger partial charge in [0.15, 0.2) is 0 Å². The number of rotatable bonds is 8. The molecule has 16 heavy (non-hydrogen) atoms. The maximum atomic E-state index is 3.58. The van der Waals surface area contributed by atoms with Gasteiger partial charge in [0.2, 0.25) is 0 Å². The van der Waals surface area contributed by atoms with Crippen molar-refractivity contribution in [2.45, 2.75) is 52.0 Å². The summed E-state index contributed by atoms with van der Waals surface area (Å²) in [6.07, 6.45) is 6.76. The second-order valence-electron chi connectivity index (χ2n) is 4.50. The first kappa shape index (κ1) is 13.2. The highest BCUT2D eigenvalue weighted by Crippen LogP contribution is 2.11. The Kier molecular flexibility index (Phi) is 6.91. The fourth-order valence-corrected chi connectivity index (χ4v) is 1.91. The van der Waals surface area contributed by atoms with Crippen molar-refractivity contribution < 1.29 is 0 Å². The molecule has 0 saturated carbocycles. The predicted molar refractivity (Wildman–Crippen MR) is 71.6 cm³/mol. The largest absolute Gasteiger partial charge is 0.310 e. The molecule has 1 aromatic carbocycles. The highest BCUT2D eigenvalue weighted by Gasteiger charge is 2.02. The molecule has 0 radical (unpaired) electrons. The summed E-state index contributed by atoms with van der Waals surface area (Å²) >= 11 is 0. The Morgan fingerprint density at radius 2 is 1.69 bits per heavy atom. The third-order valence-corrected chi connectivity index (χ3v) is 3.03. The Balaban J connectivity index is 2.09. The standard InChI is InChI=1S/C15H25N/c1-3-4-5-6-10-13-16-14(2)15-11-8-7-9-12-15/h7-9,11-12,14,16H,3-6,10,13H2,1-2H3/t14-/m0/s1. The first-order valence-electron chi connectivity index (χ1n) is 6.63. The van der Waals surface area contributed by atoms with E-state index >= 15 is 0 Å². The van der Waals surface area contributed by atoms with Crippen LogP contribution in [0.1, 0.15) is 57.6 Å². The quantitative estimate of drug-likeness (QED) is 0.642. The summed E-state index contributed by atoms with van der Waals surface area (Å²) in [6, 6.07) is 11.1. The van der Waals surface area contributed by atoms with E-state index in [2.05, 4.69) is 49.5 Å². The molecule has 0 aliphatic heterocycles. The first-order valence-corrected chi connectivity index (χ1v) is 6.63. The van der Waals surface area contributed by atoms with Crippen LogP contribution in [0.4, 0.5) is 0 Å². The van der Waals surface area contributed by atoms with Crippen LogP contribution in [-0.4, -0.2) is 6.54 Å². The van der Waals surface area contributed by atoms with Crippen molar-refractivity contribution in [2.75, 3.05) is 6.54 Å². The lowest BCUT2D eigenvalue weighted by atomic mass is 10.1. The summed E-state index contributed by atoms with van der Waals surface area (Å²) in [6.45, 7) is 5.64. The minimum atomic E-state index is 0.479. The molecule has 0 heterocycles. The van der Waals surface area contributed by atoms with E-state index in [1.54, 1.807) is 0 Å². The lowest BCUT2D eigenvalue weighted by Gasteiger charge is -2.13. The molecule has 0 bridgehead atoms. The third kappa shape index (κ3) is 5.32. The summed E-state index contributed by atoms with van der Waals surface area (Å²) in [5, 5.41) is 3.58. The first-order chi connectivity index (χ1) is 7.84. The molecule has 0 unspecified atom stereocenters. The molecule has 0 saturated heterocycles. The predicted octanol–water partition coefficient (Wildman–Crippen LogP) is 4.31. The average Bonchev–Trinajstić information content (AvgIpc) is 2.34. The van der Waals surface area contributed by atoms with E-state index in [-0.39, 0.29) is 0 Å². The number of unbranched alkanes of at least 4 members (excludes halogenated alkanes) is 4. The molecule has 1 nitrogen and oxygen atoms in total. The van der Waals surface area contributed by atoms with Gasteiger partial charge >= 0.3 is 0 Å². The Morgan fingerprint density at radius 3 is 2.38 bits per heavy atom. The molecular formula is C15H25N. The molecule has 1 rings (SSSR count). The molecular weight excluding hydrogens is 194 g/mol. The Bertz CT molecular complexity index is 255. The normalized spacial score (nSPS) is 12.6. The van der Waals surface area contributed by atoms with Crippen LogP contribution in [0.3, 0.4) is 0 Å². The van der Waals surface area contributed by atoms with Crippen LogP contribution < -0.4 is 5.32 Å². The van der Waals surface area contributed by atoms with Gasteiger partial charge in [0, 0.05) is 6.04 Å². The van der Waals surface area contributed by atoms with Crippen molar-refractivity contribution in [2.24, 2.45) is 0 Å². The number of nitrogens with one attached hydrogen (secondary N) is 1. The van der Waals surface area contributed by atoms with Gasteiger partial charge in [-0.3, -0.25) is 0 Å². The zero-order valence-electron chi connectivity index (χ0n) is 10.7. The van der Waals surface area contributed by atoms with Crippen LogP contribution in [0.2, 0.25) is 0 Å². The van der Waals surface area contributed by atoms with E-state index in [0.717, 1.165) is 6.54 Å². The Labute approximate surface area is 100 Å². The van der Waals surface area contributed by atoms with Gasteiger partial charge in [-0.1, -0.05) is 62.9 Å². The summed E-state index contributed by atoms with van der Waals surface area (Å²) in [4.78, 5) is 0. The highest BCUT2D eigenvalue weighted by atomic mass is 14.9. The van der Waals surface area contributed by atoms with Crippen LogP contribution in [0, 0.1) is 0 Å². The Morgan fingerprint density at radius 1 is 1.00 bits per heavy atom. The van der Waals surface area contributed by atoms with Crippen molar-refractivity contribution in [3.8, 4) is 0 Å². The zero-order valence-corrected chi connectivity index (χ0v) is 10.7. The van der Waals surface area contributed by atoms with Crippen molar-refractivity contribution >= 4 is 0 Å². The van der Waals surface area contributed by atoms with E-state index < -0.39 is 0 Å². The van der Waals surface area contributed by atoms with Gasteiger partial charge < -0.3 is 5.32 Å². The second-order valence-corrected chi connectivity index (χ2v) is 4.50. The lowest BCUT2D eigenvalue weighted by Crippen LogP contribution is -2.19. The van der Waals surface area contributed by atoms with Gasteiger partial charge in [0.05, 0.1) is 0 Å². The molecule has 1 heteroatoms. The molecule has 1 N–H and O–H groups in total. The number of hydrogen-bond acceptors (Lipinski definition) is 1. The van der Waals surface area contributed by atoms with E-state index in [1.807, 2.05) is 0 Å². The van der Waals surface area contributed by atoms with Crippen molar-refractivity contribution in [3.63, 3.8) is 0 Å². The van der Waals surface area contributed by atoms with Gasteiger partial charge in [-0.15, -0.1) is 0 Å². The third-order valence-electron chi connectivity index (χ3n) is 3.03. The fraction of sp³-hybridized carbons (Fsp3) is 0.600. The van der Waals surface area contributed by atoms with Gasteiger partial charge in [-0.2, -0.15) is 0 Å². The SMILES string of the molecule is CCCCCCCN[C@@H](C)c1ccccc1. The smallest absolute Gasteiger partial charge is 0.0291 e. The highest BCUT2D eigenvalue weighted by molar-refractivity contribution is 5.17. The molecule has 0 aromatic heterocycles. The van der Waals surface area contributed by atoms with E-state index in [4.69, 9.17) is 0 Å². The van der Waals surface area contributed by atoms with Crippen molar-refractivity contribution in [1.29, 1.82) is 0 Å². The monoisotopic (exact) mass is 219 g/mol. The fourth-order valence-electron chi connectivity index (χ4n) is 1.91. The van der Waals surface area contributed by atoms with Gasteiger partial charge in [-0.05, 0) is 25.5 Å². The molecule has 1 aromatic rings. The van der Waals surface area contributed by atoms with Crippen LogP contribution in [0.5, 0.6) is 0 Å². The summed E-state index contributed by atoms with van der Waals surface area (Å²) in [5.74, 6) is 0. The van der Waals surface area contributed by atoms with Crippen LogP contribution in [0.15, 0.2) is 30.3 Å². The van der Waals surface area contributed by atoms with Crippen molar-refractivity contribution in [3.05, 3.63) is 35.9 Å². The van der Waals surface area contributed by atoms with Crippen LogP contribution in [-0.2, 0) is 0 Å². The zero-order chi connectivity index (χ0) is 11.6. The second kappa shape index (κ2) is 8.35. The molecule has 0 aliphatic rings. The molecule has 1 atom stereocenters. The Hall–Kier alpha value is -0.820. The van der Waals surface area contributed by atoms with E-state index in [1.165, 1.54) is 37.7 Å².